The molecule has 0 fully saturated rings. The van der Waals surface area contributed by atoms with E-state index in [2.05, 4.69) is 144 Å². The second-order valence-electron chi connectivity index (χ2n) is 11.4. The Morgan fingerprint density at radius 2 is 1.04 bits per heavy atom. The van der Waals surface area contributed by atoms with Gasteiger partial charge in [0, 0.05) is 48.7 Å². The first-order valence-corrected chi connectivity index (χ1v) is 16.2. The summed E-state index contributed by atoms with van der Waals surface area (Å²) in [4.78, 5) is 12.7. The van der Waals surface area contributed by atoms with Crippen LogP contribution in [0.5, 0.6) is 0 Å². The Balaban J connectivity index is 1.30. The molecule has 0 spiro atoms. The van der Waals surface area contributed by atoms with Gasteiger partial charge in [0.25, 0.3) is 0 Å². The zero-order valence-electron chi connectivity index (χ0n) is 24.8. The van der Waals surface area contributed by atoms with Gasteiger partial charge < -0.3 is 4.57 Å². The Kier molecular flexibility index (Phi) is 6.39. The fourth-order valence-corrected chi connectivity index (χ4v) is 7.63. The molecule has 6 aromatic carbocycles. The number of hydrogen-bond donors (Lipinski definition) is 0. The summed E-state index contributed by atoms with van der Waals surface area (Å²) in [5.41, 5.74) is 12.1. The summed E-state index contributed by atoms with van der Waals surface area (Å²) in [6.45, 7) is 0. The molecule has 3 nitrogen and oxygen atoms in total. The first-order chi connectivity index (χ1) is 22.8. The van der Waals surface area contributed by atoms with Crippen molar-refractivity contribution in [3.8, 4) is 62.0 Å². The summed E-state index contributed by atoms with van der Waals surface area (Å²) in [6.07, 6.45) is 0. The molecule has 0 amide bonds. The Hall–Kier alpha value is -5.71. The number of rotatable bonds is 4. The van der Waals surface area contributed by atoms with E-state index >= 15 is 0 Å². The monoisotopic (exact) mass is 605 g/mol. The minimum atomic E-state index is 0.713. The van der Waals surface area contributed by atoms with E-state index in [0.29, 0.717) is 5.82 Å². The van der Waals surface area contributed by atoms with Gasteiger partial charge in [0.2, 0.25) is 0 Å². The lowest BCUT2D eigenvalue weighted by Crippen LogP contribution is -1.99. The maximum atomic E-state index is 5.13. The van der Waals surface area contributed by atoms with E-state index < -0.39 is 0 Å². The molecule has 0 aliphatic carbocycles. The number of benzene rings is 6. The van der Waals surface area contributed by atoms with Crippen molar-refractivity contribution in [1.82, 2.24) is 14.5 Å². The second kappa shape index (κ2) is 11.0. The highest BCUT2D eigenvalue weighted by Crippen LogP contribution is 2.52. The summed E-state index contributed by atoms with van der Waals surface area (Å²) in [7, 11) is 0. The fourth-order valence-electron chi connectivity index (χ4n) is 6.54. The van der Waals surface area contributed by atoms with Crippen LogP contribution in [0.3, 0.4) is 0 Å². The predicted octanol–water partition coefficient (Wildman–Crippen LogP) is 11.2. The Labute approximate surface area is 271 Å². The van der Waals surface area contributed by atoms with Crippen molar-refractivity contribution in [2.75, 3.05) is 0 Å². The van der Waals surface area contributed by atoms with Crippen molar-refractivity contribution >= 4 is 22.7 Å². The zero-order valence-corrected chi connectivity index (χ0v) is 25.7. The topological polar surface area (TPSA) is 30.7 Å². The second-order valence-corrected chi connectivity index (χ2v) is 12.5. The average molecular weight is 606 g/mol. The quantitative estimate of drug-likeness (QED) is 0.200. The minimum absolute atomic E-state index is 0.713. The molecular formula is C42H27N3S. The summed E-state index contributed by atoms with van der Waals surface area (Å²) < 4.78 is 2.44. The highest BCUT2D eigenvalue weighted by Gasteiger charge is 2.27. The van der Waals surface area contributed by atoms with Crippen LogP contribution in [0.2, 0.25) is 0 Å². The molecule has 3 heterocycles. The standard InChI is InChI=1S/C42H27N3S/c1-3-14-28(15-4-1)35-27-36(44-42(43-35)29-16-5-2-6-17-29)30-18-13-19-31(26-30)45-37-23-10-7-20-32(37)40-33-21-8-11-24-38(33)46-39-25-12-9-22-34(39)41(40)45/h1-27H. The van der Waals surface area contributed by atoms with E-state index in [0.717, 1.165) is 33.8 Å². The third-order valence-electron chi connectivity index (χ3n) is 8.62. The lowest BCUT2D eigenvalue weighted by molar-refractivity contribution is 1.12. The van der Waals surface area contributed by atoms with Crippen LogP contribution in [0.1, 0.15) is 0 Å². The van der Waals surface area contributed by atoms with Gasteiger partial charge in [0.05, 0.1) is 22.6 Å². The molecule has 2 aromatic heterocycles. The molecule has 0 radical (unpaired) electrons. The van der Waals surface area contributed by atoms with E-state index in [1.165, 1.54) is 43.1 Å². The maximum Gasteiger partial charge on any atom is 0.160 e. The van der Waals surface area contributed by atoms with Crippen LogP contribution < -0.4 is 0 Å². The third-order valence-corrected chi connectivity index (χ3v) is 9.77. The first kappa shape index (κ1) is 26.7. The molecule has 1 aliphatic heterocycles. The van der Waals surface area contributed by atoms with Crippen molar-refractivity contribution in [2.24, 2.45) is 0 Å². The van der Waals surface area contributed by atoms with Gasteiger partial charge in [-0.05, 0) is 42.0 Å². The van der Waals surface area contributed by atoms with Crippen LogP contribution in [0.4, 0.5) is 0 Å². The van der Waals surface area contributed by atoms with E-state index in [4.69, 9.17) is 9.97 Å². The van der Waals surface area contributed by atoms with Gasteiger partial charge in [-0.3, -0.25) is 0 Å². The molecule has 4 heteroatoms. The largest absolute Gasteiger partial charge is 0.309 e. The molecule has 46 heavy (non-hydrogen) atoms. The number of para-hydroxylation sites is 1. The number of nitrogens with zero attached hydrogens (tertiary/aromatic N) is 3. The predicted molar refractivity (Wildman–Crippen MR) is 190 cm³/mol. The fraction of sp³-hybridized carbons (Fsp3) is 0. The van der Waals surface area contributed by atoms with Crippen molar-refractivity contribution in [3.05, 3.63) is 164 Å². The molecule has 0 saturated carbocycles. The molecule has 0 saturated heterocycles. The van der Waals surface area contributed by atoms with Gasteiger partial charge in [-0.25, -0.2) is 9.97 Å². The van der Waals surface area contributed by atoms with Gasteiger partial charge in [-0.15, -0.1) is 0 Å². The molecule has 0 N–H and O–H groups in total. The number of aromatic nitrogens is 3. The number of fused-ring (bicyclic) bond motifs is 7. The highest BCUT2D eigenvalue weighted by molar-refractivity contribution is 7.99. The van der Waals surface area contributed by atoms with Crippen molar-refractivity contribution < 1.29 is 0 Å². The average Bonchev–Trinajstić information content (AvgIpc) is 3.40. The minimum Gasteiger partial charge on any atom is -0.309 e. The summed E-state index contributed by atoms with van der Waals surface area (Å²) >= 11 is 1.85. The van der Waals surface area contributed by atoms with Crippen LogP contribution in [0.25, 0.3) is 72.9 Å². The molecule has 1 aliphatic rings. The van der Waals surface area contributed by atoms with Crippen LogP contribution in [0, 0.1) is 0 Å². The Bertz CT molecular complexity index is 2340. The lowest BCUT2D eigenvalue weighted by atomic mass is 9.98. The normalized spacial score (nSPS) is 11.8. The summed E-state index contributed by atoms with van der Waals surface area (Å²) in [6, 6.07) is 57.8. The third kappa shape index (κ3) is 4.46. The Morgan fingerprint density at radius 1 is 0.457 bits per heavy atom. The SMILES string of the molecule is c1ccc(-c2cc(-c3cccc(-n4c5c(c6ccccc64)-c4ccccc4Sc4ccccc4-5)c3)nc(-c3ccccc3)n2)cc1. The van der Waals surface area contributed by atoms with Crippen LogP contribution in [-0.2, 0) is 0 Å². The van der Waals surface area contributed by atoms with Gasteiger partial charge in [-0.1, -0.05) is 139 Å². The van der Waals surface area contributed by atoms with E-state index in [-0.39, 0.29) is 0 Å². The van der Waals surface area contributed by atoms with E-state index in [1.807, 2.05) is 36.0 Å². The molecule has 0 unspecified atom stereocenters. The van der Waals surface area contributed by atoms with Crippen LogP contribution in [0.15, 0.2) is 174 Å². The van der Waals surface area contributed by atoms with Gasteiger partial charge in [0.1, 0.15) is 0 Å². The maximum absolute atomic E-state index is 5.13. The van der Waals surface area contributed by atoms with Crippen molar-refractivity contribution in [2.45, 2.75) is 9.79 Å². The summed E-state index contributed by atoms with van der Waals surface area (Å²) in [5.74, 6) is 0.713. The molecule has 0 atom stereocenters. The van der Waals surface area contributed by atoms with Crippen LogP contribution in [-0.4, -0.2) is 14.5 Å². The van der Waals surface area contributed by atoms with Gasteiger partial charge in [-0.2, -0.15) is 0 Å². The van der Waals surface area contributed by atoms with E-state index in [1.54, 1.807) is 0 Å². The van der Waals surface area contributed by atoms with Crippen molar-refractivity contribution in [3.63, 3.8) is 0 Å². The number of hydrogen-bond acceptors (Lipinski definition) is 3. The molecule has 8 aromatic rings. The Morgan fingerprint density at radius 3 is 1.83 bits per heavy atom. The van der Waals surface area contributed by atoms with Crippen molar-refractivity contribution in [1.29, 1.82) is 0 Å². The van der Waals surface area contributed by atoms with Gasteiger partial charge in [0.15, 0.2) is 5.82 Å². The van der Waals surface area contributed by atoms with E-state index in [9.17, 15) is 0 Å². The zero-order chi connectivity index (χ0) is 30.5. The lowest BCUT2D eigenvalue weighted by Gasteiger charge is -2.15. The molecular weight excluding hydrogens is 579 g/mol. The first-order valence-electron chi connectivity index (χ1n) is 15.4. The molecule has 9 rings (SSSR count). The molecule has 0 bridgehead atoms. The molecule has 216 valence electrons. The van der Waals surface area contributed by atoms with Crippen LogP contribution >= 0.6 is 11.8 Å². The smallest absolute Gasteiger partial charge is 0.160 e. The summed E-state index contributed by atoms with van der Waals surface area (Å²) in [5, 5.41) is 1.24. The highest BCUT2D eigenvalue weighted by atomic mass is 32.2. The van der Waals surface area contributed by atoms with Gasteiger partial charge >= 0.3 is 0 Å².